The minimum atomic E-state index is -4.90. The van der Waals surface area contributed by atoms with Crippen LogP contribution in [0.3, 0.4) is 0 Å². The van der Waals surface area contributed by atoms with Gasteiger partial charge in [0.25, 0.3) is 5.54 Å². The molecule has 0 saturated carbocycles. The highest BCUT2D eigenvalue weighted by atomic mass is 32.1. The van der Waals surface area contributed by atoms with Crippen LogP contribution in [0.15, 0.2) is 58.9 Å². The molecule has 0 bridgehead atoms. The van der Waals surface area contributed by atoms with E-state index in [-0.39, 0.29) is 6.61 Å². The largest absolute Gasteiger partial charge is 0.464 e. The lowest BCUT2D eigenvalue weighted by Crippen LogP contribution is -2.51. The molecule has 138 valence electrons. The lowest BCUT2D eigenvalue weighted by Gasteiger charge is -2.28. The van der Waals surface area contributed by atoms with Crippen molar-refractivity contribution in [3.05, 3.63) is 64.4 Å². The monoisotopic (exact) mass is 381 g/mol. The van der Waals surface area contributed by atoms with Crippen LogP contribution in [0, 0.1) is 0 Å². The number of carbonyl (C=O) groups is 1. The van der Waals surface area contributed by atoms with Crippen LogP contribution in [0.1, 0.15) is 23.8 Å². The standard InChI is InChI=1S/C19H18F3NO2S/c1-2-25-17(24)18(19(20,21)22,12-6-10-16-11-7-13-26-16)23-14-15-8-4-3-5-9-15/h3-11,13-14H,2,12H2,1H3/b10-6+,23-14?. The summed E-state index contributed by atoms with van der Waals surface area (Å²) < 4.78 is 46.3. The molecule has 1 aromatic heterocycles. The third-order valence-corrected chi connectivity index (χ3v) is 4.39. The van der Waals surface area contributed by atoms with Gasteiger partial charge in [-0.2, -0.15) is 13.2 Å². The fraction of sp³-hybridized carbons (Fsp3) is 0.263. The van der Waals surface area contributed by atoms with E-state index in [0.717, 1.165) is 11.1 Å². The van der Waals surface area contributed by atoms with Crippen molar-refractivity contribution in [1.29, 1.82) is 0 Å². The molecule has 1 heterocycles. The van der Waals surface area contributed by atoms with Gasteiger partial charge in [0.15, 0.2) is 0 Å². The van der Waals surface area contributed by atoms with Gasteiger partial charge in [-0.15, -0.1) is 11.3 Å². The maximum atomic E-state index is 13.9. The summed E-state index contributed by atoms with van der Waals surface area (Å²) in [5.74, 6) is -1.41. The zero-order valence-corrected chi connectivity index (χ0v) is 14.9. The van der Waals surface area contributed by atoms with Crippen LogP contribution >= 0.6 is 11.3 Å². The van der Waals surface area contributed by atoms with Crippen LogP contribution in [-0.2, 0) is 9.53 Å². The maximum Gasteiger partial charge on any atom is 0.424 e. The Morgan fingerprint density at radius 3 is 2.50 bits per heavy atom. The third-order valence-electron chi connectivity index (χ3n) is 3.55. The Bertz CT molecular complexity index is 755. The van der Waals surface area contributed by atoms with E-state index in [0.29, 0.717) is 5.56 Å². The smallest absolute Gasteiger partial charge is 0.424 e. The van der Waals surface area contributed by atoms with Gasteiger partial charge in [0.1, 0.15) is 0 Å². The second-order valence-electron chi connectivity index (χ2n) is 5.37. The molecule has 0 radical (unpaired) electrons. The summed E-state index contributed by atoms with van der Waals surface area (Å²) in [4.78, 5) is 16.7. The number of benzene rings is 1. The zero-order valence-electron chi connectivity index (χ0n) is 14.1. The van der Waals surface area contributed by atoms with E-state index in [9.17, 15) is 18.0 Å². The number of hydrogen-bond acceptors (Lipinski definition) is 4. The Morgan fingerprint density at radius 1 is 1.19 bits per heavy atom. The van der Waals surface area contributed by atoms with Crippen LogP contribution in [0.2, 0.25) is 0 Å². The van der Waals surface area contributed by atoms with Gasteiger partial charge >= 0.3 is 12.1 Å². The predicted octanol–water partition coefficient (Wildman–Crippen LogP) is 5.13. The van der Waals surface area contributed by atoms with Crippen molar-refractivity contribution in [2.24, 2.45) is 4.99 Å². The zero-order chi connectivity index (χ0) is 19.0. The van der Waals surface area contributed by atoms with Crippen LogP contribution in [0.4, 0.5) is 13.2 Å². The minimum absolute atomic E-state index is 0.161. The first-order valence-corrected chi connectivity index (χ1v) is 8.81. The van der Waals surface area contributed by atoms with Gasteiger partial charge in [-0.3, -0.25) is 4.99 Å². The van der Waals surface area contributed by atoms with Crippen molar-refractivity contribution in [3.8, 4) is 0 Å². The number of hydrogen-bond donors (Lipinski definition) is 0. The van der Waals surface area contributed by atoms with E-state index < -0.39 is 24.1 Å². The van der Waals surface area contributed by atoms with Crippen LogP contribution in [-0.4, -0.2) is 30.5 Å². The van der Waals surface area contributed by atoms with E-state index in [4.69, 9.17) is 4.74 Å². The molecule has 0 amide bonds. The molecule has 0 N–H and O–H groups in total. The van der Waals surface area contributed by atoms with Gasteiger partial charge in [0, 0.05) is 17.5 Å². The Morgan fingerprint density at radius 2 is 1.92 bits per heavy atom. The lowest BCUT2D eigenvalue weighted by molar-refractivity contribution is -0.204. The minimum Gasteiger partial charge on any atom is -0.464 e. The molecule has 2 aromatic rings. The second kappa shape index (κ2) is 8.80. The van der Waals surface area contributed by atoms with Crippen LogP contribution < -0.4 is 0 Å². The fourth-order valence-corrected chi connectivity index (χ4v) is 2.85. The van der Waals surface area contributed by atoms with E-state index >= 15 is 0 Å². The number of aliphatic imine (C=N–C) groups is 1. The Labute approximate surface area is 153 Å². The number of ether oxygens (including phenoxy) is 1. The van der Waals surface area contributed by atoms with E-state index in [1.165, 1.54) is 24.3 Å². The van der Waals surface area contributed by atoms with E-state index in [1.807, 2.05) is 5.38 Å². The molecule has 7 heteroatoms. The topological polar surface area (TPSA) is 38.7 Å². The number of carbonyl (C=O) groups excluding carboxylic acids is 1. The average molecular weight is 381 g/mol. The highest BCUT2D eigenvalue weighted by molar-refractivity contribution is 7.10. The summed E-state index contributed by atoms with van der Waals surface area (Å²) in [6, 6.07) is 11.9. The lowest BCUT2D eigenvalue weighted by atomic mass is 9.94. The highest BCUT2D eigenvalue weighted by Crippen LogP contribution is 2.38. The van der Waals surface area contributed by atoms with Gasteiger partial charge < -0.3 is 4.74 Å². The van der Waals surface area contributed by atoms with Crippen molar-refractivity contribution in [2.75, 3.05) is 6.61 Å². The normalized spacial score (nSPS) is 14.6. The van der Waals surface area contributed by atoms with Gasteiger partial charge in [-0.05, 0) is 30.0 Å². The number of thiophene rings is 1. The fourth-order valence-electron chi connectivity index (χ4n) is 2.20. The first-order valence-electron chi connectivity index (χ1n) is 7.93. The van der Waals surface area contributed by atoms with Crippen molar-refractivity contribution in [2.45, 2.75) is 25.1 Å². The van der Waals surface area contributed by atoms with Gasteiger partial charge in [-0.25, -0.2) is 4.79 Å². The highest BCUT2D eigenvalue weighted by Gasteiger charge is 2.61. The summed E-state index contributed by atoms with van der Waals surface area (Å²) >= 11 is 1.39. The molecule has 0 aliphatic carbocycles. The molecule has 1 unspecified atom stereocenters. The molecule has 3 nitrogen and oxygen atoms in total. The molecule has 0 spiro atoms. The van der Waals surface area contributed by atoms with Gasteiger partial charge in [0.2, 0.25) is 0 Å². The van der Waals surface area contributed by atoms with Crippen molar-refractivity contribution < 1.29 is 22.7 Å². The van der Waals surface area contributed by atoms with Crippen LogP contribution in [0.5, 0.6) is 0 Å². The molecular weight excluding hydrogens is 363 g/mol. The summed E-state index contributed by atoms with van der Waals surface area (Å²) in [6.07, 6.45) is -1.63. The Balaban J connectivity index is 2.39. The van der Waals surface area contributed by atoms with Crippen molar-refractivity contribution in [1.82, 2.24) is 0 Å². The Hall–Kier alpha value is -2.41. The average Bonchev–Trinajstić information content (AvgIpc) is 3.11. The molecule has 0 saturated heterocycles. The summed E-state index contributed by atoms with van der Waals surface area (Å²) in [6.45, 7) is 1.30. The molecule has 1 aromatic carbocycles. The molecule has 0 fully saturated rings. The summed E-state index contributed by atoms with van der Waals surface area (Å²) in [5.41, 5.74) is -2.51. The molecule has 0 aliphatic rings. The van der Waals surface area contributed by atoms with Crippen LogP contribution in [0.25, 0.3) is 6.08 Å². The van der Waals surface area contributed by atoms with E-state index in [2.05, 4.69) is 4.99 Å². The third kappa shape index (κ3) is 4.82. The molecule has 26 heavy (non-hydrogen) atoms. The maximum absolute atomic E-state index is 13.9. The Kier molecular flexibility index (Phi) is 6.74. The van der Waals surface area contributed by atoms with Crippen molar-refractivity contribution >= 4 is 29.6 Å². The first-order chi connectivity index (χ1) is 12.4. The van der Waals surface area contributed by atoms with Crippen molar-refractivity contribution in [3.63, 3.8) is 0 Å². The predicted molar refractivity (Wildman–Crippen MR) is 97.4 cm³/mol. The summed E-state index contributed by atoms with van der Waals surface area (Å²) in [7, 11) is 0. The molecule has 2 rings (SSSR count). The second-order valence-corrected chi connectivity index (χ2v) is 6.35. The van der Waals surface area contributed by atoms with Gasteiger partial charge in [0.05, 0.1) is 6.61 Å². The number of alkyl halides is 3. The number of rotatable bonds is 7. The molecule has 0 aliphatic heterocycles. The number of nitrogens with zero attached hydrogens (tertiary/aromatic N) is 1. The van der Waals surface area contributed by atoms with E-state index in [1.54, 1.807) is 48.5 Å². The number of halogens is 3. The summed E-state index contributed by atoms with van der Waals surface area (Å²) in [5, 5.41) is 1.82. The molecular formula is C19H18F3NO2S. The first kappa shape index (κ1) is 19.9. The van der Waals surface area contributed by atoms with Gasteiger partial charge in [-0.1, -0.05) is 42.5 Å². The number of esters is 1. The SMILES string of the molecule is CCOC(=O)C(C/C=C/c1cccs1)(N=Cc1ccccc1)C(F)(F)F. The molecule has 1 atom stereocenters. The quantitative estimate of drug-likeness (QED) is 0.492.